The summed E-state index contributed by atoms with van der Waals surface area (Å²) in [5.74, 6) is -0.770. The first kappa shape index (κ1) is 11.8. The molecular weight excluding hydrogens is 286 g/mol. The van der Waals surface area contributed by atoms with Crippen molar-refractivity contribution in [3.8, 4) is 5.69 Å². The van der Waals surface area contributed by atoms with Crippen LogP contribution in [0.25, 0.3) is 5.69 Å². The summed E-state index contributed by atoms with van der Waals surface area (Å²) in [6, 6.07) is 5.66. The van der Waals surface area contributed by atoms with Gasteiger partial charge in [-0.3, -0.25) is 0 Å². The first-order valence-electron chi connectivity index (χ1n) is 4.92. The maximum atomic E-state index is 10.8. The summed E-state index contributed by atoms with van der Waals surface area (Å²) in [6.45, 7) is 3.68. The molecule has 0 aliphatic heterocycles. The molecule has 0 spiro atoms. The summed E-state index contributed by atoms with van der Waals surface area (Å²) < 4.78 is 2.51. The van der Waals surface area contributed by atoms with Crippen LogP contribution < -0.4 is 0 Å². The zero-order chi connectivity index (χ0) is 12.6. The molecule has 0 amide bonds. The highest BCUT2D eigenvalue weighted by atomic mass is 79.9. The molecule has 0 aliphatic rings. The first-order valence-corrected chi connectivity index (χ1v) is 5.72. The third kappa shape index (κ3) is 2.21. The van der Waals surface area contributed by atoms with Crippen LogP contribution in [-0.2, 0) is 0 Å². The number of aromatic carboxylic acids is 1. The van der Waals surface area contributed by atoms with Crippen LogP contribution in [0.4, 0.5) is 0 Å². The van der Waals surface area contributed by atoms with E-state index in [2.05, 4.69) is 26.0 Å². The molecule has 2 aromatic rings. The number of rotatable bonds is 2. The molecule has 0 saturated heterocycles. The average molecular weight is 296 g/mol. The summed E-state index contributed by atoms with van der Waals surface area (Å²) in [5, 5.41) is 12.8. The van der Waals surface area contributed by atoms with Gasteiger partial charge in [-0.05, 0) is 37.6 Å². The van der Waals surface area contributed by atoms with Gasteiger partial charge < -0.3 is 5.11 Å². The second-order valence-electron chi connectivity index (χ2n) is 3.63. The number of aromatic nitrogens is 3. The molecule has 0 atom stereocenters. The lowest BCUT2D eigenvalue weighted by atomic mass is 10.2. The van der Waals surface area contributed by atoms with Crippen LogP contribution in [0, 0.1) is 13.8 Å². The zero-order valence-electron chi connectivity index (χ0n) is 9.31. The molecule has 0 radical (unpaired) electrons. The van der Waals surface area contributed by atoms with Crippen molar-refractivity contribution in [2.24, 2.45) is 0 Å². The predicted octanol–water partition coefficient (Wildman–Crippen LogP) is 2.34. The Balaban J connectivity index is 2.52. The summed E-state index contributed by atoms with van der Waals surface area (Å²) in [4.78, 5) is 14.7. The van der Waals surface area contributed by atoms with Crippen molar-refractivity contribution in [2.45, 2.75) is 13.8 Å². The fourth-order valence-electron chi connectivity index (χ4n) is 1.49. The molecule has 5 nitrogen and oxygen atoms in total. The van der Waals surface area contributed by atoms with E-state index in [1.54, 1.807) is 6.92 Å². The van der Waals surface area contributed by atoms with Crippen molar-refractivity contribution >= 4 is 21.9 Å². The molecule has 2 rings (SSSR count). The smallest absolute Gasteiger partial charge is 0.375 e. The molecule has 6 heteroatoms. The van der Waals surface area contributed by atoms with Crippen molar-refractivity contribution in [3.63, 3.8) is 0 Å². The van der Waals surface area contributed by atoms with Gasteiger partial charge in [0.05, 0.1) is 5.69 Å². The fraction of sp³-hybridized carbons (Fsp3) is 0.182. The van der Waals surface area contributed by atoms with Crippen LogP contribution in [0.3, 0.4) is 0 Å². The number of carbonyl (C=O) groups is 1. The molecule has 0 unspecified atom stereocenters. The van der Waals surface area contributed by atoms with Crippen LogP contribution >= 0.6 is 15.9 Å². The molecule has 0 bridgehead atoms. The number of hydrogen-bond donors (Lipinski definition) is 1. The molecule has 0 saturated carbocycles. The monoisotopic (exact) mass is 295 g/mol. The van der Waals surface area contributed by atoms with E-state index in [0.29, 0.717) is 5.82 Å². The largest absolute Gasteiger partial charge is 0.475 e. The second kappa shape index (κ2) is 4.29. The van der Waals surface area contributed by atoms with E-state index in [0.717, 1.165) is 15.7 Å². The van der Waals surface area contributed by atoms with Gasteiger partial charge in [-0.15, -0.1) is 5.10 Å². The van der Waals surface area contributed by atoms with E-state index >= 15 is 0 Å². The van der Waals surface area contributed by atoms with E-state index in [9.17, 15) is 4.79 Å². The van der Waals surface area contributed by atoms with Crippen LogP contribution in [0.2, 0.25) is 0 Å². The zero-order valence-corrected chi connectivity index (χ0v) is 10.9. The van der Waals surface area contributed by atoms with Gasteiger partial charge in [0.2, 0.25) is 0 Å². The standard InChI is InChI=1S/C11H10BrN3O2/c1-6-5-8(3-4-9(6)12)15-7(2)13-10(14-15)11(16)17/h3-5H,1-2H3,(H,16,17). The van der Waals surface area contributed by atoms with Crippen LogP contribution in [0.15, 0.2) is 22.7 Å². The van der Waals surface area contributed by atoms with Crippen molar-refractivity contribution in [1.29, 1.82) is 0 Å². The van der Waals surface area contributed by atoms with E-state index in [1.807, 2.05) is 25.1 Å². The number of benzene rings is 1. The number of nitrogens with zero attached hydrogens (tertiary/aromatic N) is 3. The van der Waals surface area contributed by atoms with E-state index in [4.69, 9.17) is 5.11 Å². The predicted molar refractivity (Wildman–Crippen MR) is 65.5 cm³/mol. The molecule has 88 valence electrons. The third-order valence-electron chi connectivity index (χ3n) is 2.35. The molecule has 1 aromatic heterocycles. The SMILES string of the molecule is Cc1cc(-n2nc(C(=O)O)nc2C)ccc1Br. The fourth-order valence-corrected chi connectivity index (χ4v) is 1.73. The molecular formula is C11H10BrN3O2. The van der Waals surface area contributed by atoms with E-state index in [1.165, 1.54) is 4.68 Å². The lowest BCUT2D eigenvalue weighted by Gasteiger charge is -2.05. The highest BCUT2D eigenvalue weighted by molar-refractivity contribution is 9.10. The number of halogens is 1. The van der Waals surface area contributed by atoms with Gasteiger partial charge in [0.25, 0.3) is 5.82 Å². The summed E-state index contributed by atoms with van der Waals surface area (Å²) in [5.41, 5.74) is 1.84. The molecule has 17 heavy (non-hydrogen) atoms. The quantitative estimate of drug-likeness (QED) is 0.923. The van der Waals surface area contributed by atoms with Gasteiger partial charge in [-0.1, -0.05) is 15.9 Å². The Morgan fingerprint density at radius 1 is 1.41 bits per heavy atom. The Kier molecular flexibility index (Phi) is 2.97. The Morgan fingerprint density at radius 3 is 2.65 bits per heavy atom. The Labute approximate surface area is 106 Å². The highest BCUT2D eigenvalue weighted by Gasteiger charge is 2.13. The normalized spacial score (nSPS) is 10.5. The average Bonchev–Trinajstić information content (AvgIpc) is 2.65. The van der Waals surface area contributed by atoms with Crippen molar-refractivity contribution in [3.05, 3.63) is 39.9 Å². The highest BCUT2D eigenvalue weighted by Crippen LogP contribution is 2.19. The van der Waals surface area contributed by atoms with Gasteiger partial charge in [-0.25, -0.2) is 14.5 Å². The Bertz CT molecular complexity index is 592. The number of carboxylic acids is 1. The van der Waals surface area contributed by atoms with E-state index < -0.39 is 5.97 Å². The van der Waals surface area contributed by atoms with Crippen LogP contribution in [-0.4, -0.2) is 25.8 Å². The second-order valence-corrected chi connectivity index (χ2v) is 4.49. The Hall–Kier alpha value is -1.69. The van der Waals surface area contributed by atoms with Crippen molar-refractivity contribution in [1.82, 2.24) is 14.8 Å². The third-order valence-corrected chi connectivity index (χ3v) is 3.24. The van der Waals surface area contributed by atoms with E-state index in [-0.39, 0.29) is 5.82 Å². The van der Waals surface area contributed by atoms with Crippen LogP contribution in [0.5, 0.6) is 0 Å². The minimum Gasteiger partial charge on any atom is -0.475 e. The minimum absolute atomic E-state index is 0.192. The van der Waals surface area contributed by atoms with Gasteiger partial charge in [0.1, 0.15) is 5.82 Å². The van der Waals surface area contributed by atoms with Crippen molar-refractivity contribution in [2.75, 3.05) is 0 Å². The van der Waals surface area contributed by atoms with Crippen LogP contribution in [0.1, 0.15) is 22.0 Å². The minimum atomic E-state index is -1.12. The molecule has 0 aliphatic carbocycles. The molecule has 1 N–H and O–H groups in total. The maximum Gasteiger partial charge on any atom is 0.375 e. The van der Waals surface area contributed by atoms with Gasteiger partial charge >= 0.3 is 5.97 Å². The summed E-state index contributed by atoms with van der Waals surface area (Å²) >= 11 is 3.41. The first-order chi connectivity index (χ1) is 7.99. The lowest BCUT2D eigenvalue weighted by Crippen LogP contribution is -2.02. The molecule has 0 fully saturated rings. The summed E-state index contributed by atoms with van der Waals surface area (Å²) in [7, 11) is 0. The number of carboxylic acid groups (broad SMARTS) is 1. The number of aryl methyl sites for hydroxylation is 2. The van der Waals surface area contributed by atoms with Gasteiger partial charge in [0, 0.05) is 4.47 Å². The Morgan fingerprint density at radius 2 is 2.12 bits per heavy atom. The molecule has 1 heterocycles. The maximum absolute atomic E-state index is 10.8. The van der Waals surface area contributed by atoms with Gasteiger partial charge in [0.15, 0.2) is 0 Å². The summed E-state index contributed by atoms with van der Waals surface area (Å²) in [6.07, 6.45) is 0. The van der Waals surface area contributed by atoms with Crippen molar-refractivity contribution < 1.29 is 9.90 Å². The molecule has 1 aromatic carbocycles. The lowest BCUT2D eigenvalue weighted by molar-refractivity contribution is 0.0683. The van der Waals surface area contributed by atoms with Gasteiger partial charge in [-0.2, -0.15) is 0 Å². The number of hydrogen-bond acceptors (Lipinski definition) is 3. The topological polar surface area (TPSA) is 68.0 Å².